The Morgan fingerprint density at radius 1 is 1.09 bits per heavy atom. The summed E-state index contributed by atoms with van der Waals surface area (Å²) in [5, 5.41) is 0. The standard InChI is InChI=1S/C25H19BrN4O3S2/c1-4-12-28-18-11-10-15(26)13-17(18)19(22(28)31)21-24(33)29(25(34)35-21)20-14(2)27(3)30(23(20)32)16-8-6-5-7-9-16/h4-11,13H,1,12H2,2-3H3/b21-19-. The number of benzene rings is 2. The van der Waals surface area contributed by atoms with Crippen LogP contribution in [0.25, 0.3) is 11.3 Å². The van der Waals surface area contributed by atoms with E-state index in [4.69, 9.17) is 12.2 Å². The van der Waals surface area contributed by atoms with Crippen LogP contribution in [-0.2, 0) is 16.6 Å². The third-order valence-electron chi connectivity index (χ3n) is 6.03. The van der Waals surface area contributed by atoms with Gasteiger partial charge in [-0.05, 0) is 37.3 Å². The number of para-hydroxylation sites is 1. The summed E-state index contributed by atoms with van der Waals surface area (Å²) in [4.78, 5) is 43.8. The highest BCUT2D eigenvalue weighted by molar-refractivity contribution is 9.10. The van der Waals surface area contributed by atoms with Gasteiger partial charge in [-0.3, -0.25) is 24.0 Å². The molecule has 0 spiro atoms. The van der Waals surface area contributed by atoms with Crippen molar-refractivity contribution in [3.8, 4) is 5.69 Å². The highest BCUT2D eigenvalue weighted by Gasteiger charge is 2.44. The molecule has 2 aliphatic heterocycles. The van der Waals surface area contributed by atoms with E-state index >= 15 is 0 Å². The summed E-state index contributed by atoms with van der Waals surface area (Å²) in [5.74, 6) is -0.786. The molecule has 2 aliphatic rings. The first-order valence-electron chi connectivity index (χ1n) is 10.6. The predicted molar refractivity (Wildman–Crippen MR) is 147 cm³/mol. The fourth-order valence-corrected chi connectivity index (χ4v) is 6.06. The monoisotopic (exact) mass is 566 g/mol. The number of carbonyl (C=O) groups excluding carboxylic acids is 2. The maximum Gasteiger partial charge on any atom is 0.296 e. The van der Waals surface area contributed by atoms with Gasteiger partial charge < -0.3 is 4.90 Å². The summed E-state index contributed by atoms with van der Waals surface area (Å²) in [6.07, 6.45) is 1.64. The number of carbonyl (C=O) groups is 2. The number of thiocarbonyl (C=S) groups is 1. The van der Waals surface area contributed by atoms with E-state index in [1.807, 2.05) is 48.5 Å². The zero-order valence-electron chi connectivity index (χ0n) is 18.8. The summed E-state index contributed by atoms with van der Waals surface area (Å²) in [6.45, 7) is 5.81. The van der Waals surface area contributed by atoms with Crippen molar-refractivity contribution in [3.63, 3.8) is 0 Å². The molecule has 5 rings (SSSR count). The summed E-state index contributed by atoms with van der Waals surface area (Å²) in [6, 6.07) is 14.7. The number of amides is 2. The Bertz CT molecular complexity index is 1540. The highest BCUT2D eigenvalue weighted by Crippen LogP contribution is 2.46. The van der Waals surface area contributed by atoms with Crippen molar-refractivity contribution in [2.75, 3.05) is 16.3 Å². The highest BCUT2D eigenvalue weighted by atomic mass is 79.9. The number of thioether (sulfide) groups is 1. The van der Waals surface area contributed by atoms with Gasteiger partial charge in [0.1, 0.15) is 5.69 Å². The van der Waals surface area contributed by atoms with Crippen molar-refractivity contribution in [3.05, 3.63) is 92.2 Å². The zero-order valence-corrected chi connectivity index (χ0v) is 22.0. The van der Waals surface area contributed by atoms with Gasteiger partial charge in [-0.1, -0.05) is 64.2 Å². The molecular weight excluding hydrogens is 548 g/mol. The van der Waals surface area contributed by atoms with Crippen molar-refractivity contribution in [1.82, 2.24) is 9.36 Å². The van der Waals surface area contributed by atoms with Gasteiger partial charge in [-0.15, -0.1) is 6.58 Å². The molecule has 2 aromatic carbocycles. The molecule has 0 atom stereocenters. The number of nitrogens with zero attached hydrogens (tertiary/aromatic N) is 4. The van der Waals surface area contributed by atoms with E-state index in [0.29, 0.717) is 29.2 Å². The van der Waals surface area contributed by atoms with E-state index in [9.17, 15) is 14.4 Å². The number of fused-ring (bicyclic) bond motifs is 1. The summed E-state index contributed by atoms with van der Waals surface area (Å²) >= 11 is 10.1. The molecule has 0 unspecified atom stereocenters. The van der Waals surface area contributed by atoms with Crippen LogP contribution >= 0.6 is 39.9 Å². The molecule has 0 N–H and O–H groups in total. The van der Waals surface area contributed by atoms with Gasteiger partial charge in [0, 0.05) is 23.6 Å². The van der Waals surface area contributed by atoms with Gasteiger partial charge in [0.2, 0.25) is 0 Å². The van der Waals surface area contributed by atoms with Crippen LogP contribution in [0.4, 0.5) is 11.4 Å². The smallest absolute Gasteiger partial charge is 0.296 e. The maximum absolute atomic E-state index is 13.8. The van der Waals surface area contributed by atoms with Crippen LogP contribution in [0.3, 0.4) is 0 Å². The average Bonchev–Trinajstić information content (AvgIpc) is 3.35. The topological polar surface area (TPSA) is 67.6 Å². The fraction of sp³-hybridized carbons (Fsp3) is 0.120. The molecule has 1 aromatic heterocycles. The molecule has 176 valence electrons. The third kappa shape index (κ3) is 3.55. The lowest BCUT2D eigenvalue weighted by atomic mass is 10.1. The van der Waals surface area contributed by atoms with Crippen LogP contribution in [0.5, 0.6) is 0 Å². The average molecular weight is 567 g/mol. The van der Waals surface area contributed by atoms with Crippen LogP contribution < -0.4 is 15.4 Å². The number of hydrogen-bond donors (Lipinski definition) is 0. The van der Waals surface area contributed by atoms with E-state index < -0.39 is 5.91 Å². The molecule has 1 fully saturated rings. The number of rotatable bonds is 4. The summed E-state index contributed by atoms with van der Waals surface area (Å²) < 4.78 is 4.17. The first-order valence-corrected chi connectivity index (χ1v) is 12.6. The molecule has 3 heterocycles. The van der Waals surface area contributed by atoms with Crippen molar-refractivity contribution >= 4 is 73.0 Å². The zero-order chi connectivity index (χ0) is 25.0. The van der Waals surface area contributed by atoms with Gasteiger partial charge >= 0.3 is 0 Å². The molecule has 0 saturated carbocycles. The SMILES string of the molecule is C=CCN1C(=O)/C(=C2\SC(=S)N(c3c(C)n(C)n(-c4ccccc4)c3=O)C2=O)c2cc(Br)ccc21. The lowest BCUT2D eigenvalue weighted by Crippen LogP contribution is -2.33. The molecule has 3 aromatic rings. The van der Waals surface area contributed by atoms with Crippen LogP contribution in [0.1, 0.15) is 11.3 Å². The number of anilines is 2. The van der Waals surface area contributed by atoms with Crippen LogP contribution in [-0.4, -0.2) is 32.0 Å². The summed E-state index contributed by atoms with van der Waals surface area (Å²) in [7, 11) is 1.75. The molecule has 0 aliphatic carbocycles. The largest absolute Gasteiger partial charge is 0.304 e. The predicted octanol–water partition coefficient (Wildman–Crippen LogP) is 4.56. The second-order valence-electron chi connectivity index (χ2n) is 7.99. The molecule has 0 bridgehead atoms. The Labute approximate surface area is 219 Å². The van der Waals surface area contributed by atoms with E-state index in [1.54, 1.807) is 29.6 Å². The Morgan fingerprint density at radius 2 is 1.80 bits per heavy atom. The second-order valence-corrected chi connectivity index (χ2v) is 10.5. The Kier molecular flexibility index (Phi) is 5.90. The minimum absolute atomic E-state index is 0.178. The van der Waals surface area contributed by atoms with E-state index in [-0.39, 0.29) is 32.0 Å². The fourth-order valence-electron chi connectivity index (χ4n) is 4.36. The molecular formula is C25H19BrN4O3S2. The van der Waals surface area contributed by atoms with Gasteiger partial charge in [-0.2, -0.15) is 0 Å². The Hall–Kier alpha value is -3.21. The minimum Gasteiger partial charge on any atom is -0.304 e. The van der Waals surface area contributed by atoms with Crippen LogP contribution in [0, 0.1) is 6.92 Å². The van der Waals surface area contributed by atoms with Gasteiger partial charge in [-0.25, -0.2) is 4.68 Å². The molecule has 1 saturated heterocycles. The van der Waals surface area contributed by atoms with Crippen molar-refractivity contribution in [2.24, 2.45) is 7.05 Å². The third-order valence-corrected chi connectivity index (χ3v) is 7.90. The van der Waals surface area contributed by atoms with E-state index in [2.05, 4.69) is 22.5 Å². The molecule has 0 radical (unpaired) electrons. The van der Waals surface area contributed by atoms with Gasteiger partial charge in [0.05, 0.1) is 27.5 Å². The normalized spacial score (nSPS) is 17.5. The Morgan fingerprint density at radius 3 is 2.49 bits per heavy atom. The van der Waals surface area contributed by atoms with Gasteiger partial charge in [0.25, 0.3) is 17.4 Å². The van der Waals surface area contributed by atoms with Crippen LogP contribution in [0.2, 0.25) is 0 Å². The molecule has 2 amide bonds. The quantitative estimate of drug-likeness (QED) is 0.263. The minimum atomic E-state index is -0.485. The lowest BCUT2D eigenvalue weighted by molar-refractivity contribution is -0.115. The van der Waals surface area contributed by atoms with Crippen molar-refractivity contribution in [2.45, 2.75) is 6.92 Å². The first kappa shape index (κ1) is 23.5. The lowest BCUT2D eigenvalue weighted by Gasteiger charge is -2.14. The van der Waals surface area contributed by atoms with Crippen LogP contribution in [0.15, 0.2) is 75.4 Å². The number of halogens is 1. The van der Waals surface area contributed by atoms with E-state index in [0.717, 1.165) is 16.2 Å². The van der Waals surface area contributed by atoms with Gasteiger partial charge in [0.15, 0.2) is 4.32 Å². The molecule has 10 heteroatoms. The molecule has 7 nitrogen and oxygen atoms in total. The number of aromatic nitrogens is 2. The van der Waals surface area contributed by atoms with Crippen molar-refractivity contribution < 1.29 is 9.59 Å². The maximum atomic E-state index is 13.8. The molecule has 35 heavy (non-hydrogen) atoms. The summed E-state index contributed by atoms with van der Waals surface area (Å²) in [5.41, 5.74) is 2.67. The van der Waals surface area contributed by atoms with E-state index in [1.165, 1.54) is 9.58 Å². The van der Waals surface area contributed by atoms with Crippen molar-refractivity contribution in [1.29, 1.82) is 0 Å². The number of hydrogen-bond acceptors (Lipinski definition) is 5. The second kappa shape index (κ2) is 8.78. The Balaban J connectivity index is 1.67. The first-order chi connectivity index (χ1) is 16.8.